The molecule has 0 bridgehead atoms. The molecule has 0 amide bonds. The topological polar surface area (TPSA) is 49.8 Å². The highest BCUT2D eigenvalue weighted by Gasteiger charge is 2.09. The molecule has 4 nitrogen and oxygen atoms in total. The van der Waals surface area contributed by atoms with Crippen LogP contribution in [-0.2, 0) is 0 Å². The third-order valence-electron chi connectivity index (χ3n) is 3.88. The van der Waals surface area contributed by atoms with Gasteiger partial charge in [0.2, 0.25) is 0 Å². The molecule has 0 saturated carbocycles. The number of aryl methyl sites for hydroxylation is 2. The van der Waals surface area contributed by atoms with Crippen LogP contribution in [0.4, 0.5) is 21.6 Å². The van der Waals surface area contributed by atoms with Crippen LogP contribution in [-0.4, -0.2) is 9.97 Å². The molecule has 4 rings (SSSR count). The summed E-state index contributed by atoms with van der Waals surface area (Å²) < 4.78 is 0. The van der Waals surface area contributed by atoms with Crippen LogP contribution in [0.15, 0.2) is 59.3 Å². The van der Waals surface area contributed by atoms with Crippen molar-refractivity contribution in [2.75, 3.05) is 10.6 Å². The van der Waals surface area contributed by atoms with Crippen molar-refractivity contribution in [3.05, 3.63) is 70.4 Å². The fraction of sp³-hybridized carbons (Fsp3) is 0.100. The van der Waals surface area contributed by atoms with Gasteiger partial charge in [-0.15, -0.1) is 22.7 Å². The van der Waals surface area contributed by atoms with Gasteiger partial charge in [-0.05, 0) is 38.1 Å². The van der Waals surface area contributed by atoms with Crippen molar-refractivity contribution >= 4 is 44.3 Å². The quantitative estimate of drug-likeness (QED) is 0.423. The molecule has 130 valence electrons. The van der Waals surface area contributed by atoms with Crippen LogP contribution in [0.1, 0.15) is 11.1 Å². The molecule has 0 spiro atoms. The molecule has 26 heavy (non-hydrogen) atoms. The molecule has 4 aromatic rings. The van der Waals surface area contributed by atoms with Crippen LogP contribution in [0.5, 0.6) is 0 Å². The summed E-state index contributed by atoms with van der Waals surface area (Å²) in [5, 5.41) is 12.5. The standard InChI is InChI=1S/C20H18N4S2/c1-13-3-7-15(8-4-13)21-19-23-17(11-25-19)18-12-26-20(24-18)22-16-9-5-14(2)6-10-16/h3-12H,1-2H3,(H,21,23)(H,22,24). The van der Waals surface area contributed by atoms with E-state index in [-0.39, 0.29) is 0 Å². The van der Waals surface area contributed by atoms with Crippen molar-refractivity contribution in [2.24, 2.45) is 0 Å². The molecule has 2 aromatic carbocycles. The summed E-state index contributed by atoms with van der Waals surface area (Å²) in [5.41, 5.74) is 6.33. The number of thiazole rings is 2. The van der Waals surface area contributed by atoms with Gasteiger partial charge >= 0.3 is 0 Å². The lowest BCUT2D eigenvalue weighted by Gasteiger charge is -2.02. The zero-order valence-electron chi connectivity index (χ0n) is 14.5. The number of nitrogens with one attached hydrogen (secondary N) is 2. The van der Waals surface area contributed by atoms with Crippen LogP contribution >= 0.6 is 22.7 Å². The van der Waals surface area contributed by atoms with E-state index < -0.39 is 0 Å². The maximum Gasteiger partial charge on any atom is 0.187 e. The molecule has 0 atom stereocenters. The van der Waals surface area contributed by atoms with Gasteiger partial charge in [-0.2, -0.15) is 0 Å². The molecule has 0 fully saturated rings. The van der Waals surface area contributed by atoms with Crippen molar-refractivity contribution in [2.45, 2.75) is 13.8 Å². The van der Waals surface area contributed by atoms with Crippen LogP contribution < -0.4 is 10.6 Å². The Morgan fingerprint density at radius 1 is 0.615 bits per heavy atom. The van der Waals surface area contributed by atoms with Gasteiger partial charge in [-0.3, -0.25) is 0 Å². The third kappa shape index (κ3) is 3.92. The number of hydrogen-bond acceptors (Lipinski definition) is 6. The van der Waals surface area contributed by atoms with Crippen LogP contribution in [0.25, 0.3) is 11.4 Å². The van der Waals surface area contributed by atoms with Crippen LogP contribution in [0.2, 0.25) is 0 Å². The summed E-state index contributed by atoms with van der Waals surface area (Å²) in [6.45, 7) is 4.16. The van der Waals surface area contributed by atoms with Crippen LogP contribution in [0.3, 0.4) is 0 Å². The molecule has 0 aliphatic heterocycles. The highest BCUT2D eigenvalue weighted by atomic mass is 32.1. The van der Waals surface area contributed by atoms with Crippen molar-refractivity contribution < 1.29 is 0 Å². The Bertz CT molecular complexity index is 917. The first-order valence-electron chi connectivity index (χ1n) is 8.24. The smallest absolute Gasteiger partial charge is 0.187 e. The van der Waals surface area contributed by atoms with E-state index in [0.29, 0.717) is 0 Å². The molecule has 2 aromatic heterocycles. The second-order valence-electron chi connectivity index (χ2n) is 6.06. The summed E-state index contributed by atoms with van der Waals surface area (Å²) in [4.78, 5) is 9.31. The lowest BCUT2D eigenvalue weighted by Crippen LogP contribution is -1.90. The lowest BCUT2D eigenvalue weighted by molar-refractivity contribution is 1.31. The number of aromatic nitrogens is 2. The normalized spacial score (nSPS) is 10.7. The van der Waals surface area contributed by atoms with E-state index in [1.165, 1.54) is 11.1 Å². The van der Waals surface area contributed by atoms with Crippen molar-refractivity contribution in [3.63, 3.8) is 0 Å². The summed E-state index contributed by atoms with van der Waals surface area (Å²) >= 11 is 3.16. The lowest BCUT2D eigenvalue weighted by atomic mass is 10.2. The Hall–Kier alpha value is -2.70. The van der Waals surface area contributed by atoms with Crippen LogP contribution in [0, 0.1) is 13.8 Å². The number of benzene rings is 2. The average Bonchev–Trinajstić information content (AvgIpc) is 3.28. The summed E-state index contributed by atoms with van der Waals surface area (Å²) in [5.74, 6) is 0. The summed E-state index contributed by atoms with van der Waals surface area (Å²) in [7, 11) is 0. The Morgan fingerprint density at radius 3 is 1.38 bits per heavy atom. The molecule has 0 saturated heterocycles. The van der Waals surface area contributed by atoms with Crippen molar-refractivity contribution in [1.82, 2.24) is 9.97 Å². The number of hydrogen-bond donors (Lipinski definition) is 2. The number of anilines is 4. The van der Waals surface area contributed by atoms with Gasteiger partial charge in [-0.25, -0.2) is 9.97 Å². The van der Waals surface area contributed by atoms with Gasteiger partial charge in [-0.1, -0.05) is 35.4 Å². The highest BCUT2D eigenvalue weighted by molar-refractivity contribution is 7.14. The first-order valence-corrected chi connectivity index (χ1v) is 10.0. The molecular formula is C20H18N4S2. The molecule has 0 radical (unpaired) electrons. The van der Waals surface area contributed by atoms with E-state index in [1.54, 1.807) is 22.7 Å². The van der Waals surface area contributed by atoms with Gasteiger partial charge in [0.25, 0.3) is 0 Å². The Balaban J connectivity index is 1.46. The summed E-state index contributed by atoms with van der Waals surface area (Å²) in [6, 6.07) is 16.6. The van der Waals surface area contributed by atoms with Gasteiger partial charge in [0.05, 0.1) is 0 Å². The minimum absolute atomic E-state index is 0.866. The van der Waals surface area contributed by atoms with Crippen molar-refractivity contribution in [3.8, 4) is 11.4 Å². The first-order chi connectivity index (χ1) is 12.7. The molecule has 0 aliphatic carbocycles. The van der Waals surface area contributed by atoms with Gasteiger partial charge in [0.1, 0.15) is 11.4 Å². The molecule has 2 heterocycles. The molecule has 0 aliphatic rings. The number of nitrogens with zero attached hydrogens (tertiary/aromatic N) is 2. The molecule has 6 heteroatoms. The molecule has 2 N–H and O–H groups in total. The second kappa shape index (κ2) is 7.27. The van der Waals surface area contributed by atoms with E-state index in [2.05, 4.69) is 83.0 Å². The first kappa shape index (κ1) is 16.8. The zero-order valence-corrected chi connectivity index (χ0v) is 16.1. The minimum atomic E-state index is 0.866. The summed E-state index contributed by atoms with van der Waals surface area (Å²) in [6.07, 6.45) is 0. The average molecular weight is 379 g/mol. The Kier molecular flexibility index (Phi) is 4.69. The molecular weight excluding hydrogens is 360 g/mol. The van der Waals surface area contributed by atoms with Gasteiger partial charge < -0.3 is 10.6 Å². The second-order valence-corrected chi connectivity index (χ2v) is 7.77. The Labute approximate surface area is 160 Å². The predicted molar refractivity (Wildman–Crippen MR) is 112 cm³/mol. The predicted octanol–water partition coefficient (Wildman–Crippen LogP) is 6.37. The number of rotatable bonds is 5. The SMILES string of the molecule is Cc1ccc(Nc2nc(-c3csc(Nc4ccc(C)cc4)n3)cs2)cc1. The molecule has 0 unspecified atom stereocenters. The fourth-order valence-corrected chi connectivity index (χ4v) is 3.87. The van der Waals surface area contributed by atoms with Gasteiger partial charge in [0, 0.05) is 22.1 Å². The van der Waals surface area contributed by atoms with E-state index in [0.717, 1.165) is 33.0 Å². The van der Waals surface area contributed by atoms with Gasteiger partial charge in [0.15, 0.2) is 10.3 Å². The minimum Gasteiger partial charge on any atom is -0.332 e. The maximum absolute atomic E-state index is 4.65. The monoisotopic (exact) mass is 378 g/mol. The Morgan fingerprint density at radius 2 is 1.00 bits per heavy atom. The highest BCUT2D eigenvalue weighted by Crippen LogP contribution is 2.30. The van der Waals surface area contributed by atoms with E-state index in [1.807, 2.05) is 10.8 Å². The zero-order chi connectivity index (χ0) is 17.9. The fourth-order valence-electron chi connectivity index (χ4n) is 2.42. The maximum atomic E-state index is 4.65. The largest absolute Gasteiger partial charge is 0.332 e. The third-order valence-corrected chi connectivity index (χ3v) is 5.39. The van der Waals surface area contributed by atoms with E-state index in [4.69, 9.17) is 0 Å². The van der Waals surface area contributed by atoms with Crippen molar-refractivity contribution in [1.29, 1.82) is 0 Å². The van der Waals surface area contributed by atoms with E-state index in [9.17, 15) is 0 Å². The van der Waals surface area contributed by atoms with E-state index >= 15 is 0 Å².